The largest absolute Gasteiger partial charge is 0.243 e. The number of halogens is 2. The Hall–Kier alpha value is -0.750. The second-order valence-corrected chi connectivity index (χ2v) is 4.07. The fraction of sp³-hybridized carbons (Fsp3) is 0. The molecule has 0 aromatic carbocycles. The number of hydrogen-bond donors (Lipinski definition) is 0. The topological polar surface area (TPSA) is 43.6 Å². The van der Waals surface area contributed by atoms with Gasteiger partial charge < -0.3 is 0 Å². The SMILES string of the molecule is Brc1cnn(-c2ncncc2Br)c1. The fourth-order valence-corrected chi connectivity index (χ4v) is 1.58. The molecule has 0 N–H and O–H groups in total. The van der Waals surface area contributed by atoms with Gasteiger partial charge in [0.25, 0.3) is 0 Å². The highest BCUT2D eigenvalue weighted by Gasteiger charge is 2.04. The first kappa shape index (κ1) is 8.83. The quantitative estimate of drug-likeness (QED) is 0.811. The van der Waals surface area contributed by atoms with Gasteiger partial charge in [0.2, 0.25) is 0 Å². The Bertz CT molecular complexity index is 426. The molecule has 2 rings (SSSR count). The molecule has 0 spiro atoms. The molecule has 2 aromatic heterocycles. The van der Waals surface area contributed by atoms with Gasteiger partial charge in [-0.05, 0) is 31.9 Å². The van der Waals surface area contributed by atoms with Gasteiger partial charge in [-0.1, -0.05) is 0 Å². The smallest absolute Gasteiger partial charge is 0.170 e. The van der Waals surface area contributed by atoms with Crippen LogP contribution < -0.4 is 0 Å². The van der Waals surface area contributed by atoms with E-state index in [9.17, 15) is 0 Å². The van der Waals surface area contributed by atoms with Gasteiger partial charge in [0.05, 0.1) is 15.1 Å². The molecule has 0 fully saturated rings. The van der Waals surface area contributed by atoms with Crippen LogP contribution in [-0.4, -0.2) is 19.7 Å². The average molecular weight is 304 g/mol. The van der Waals surface area contributed by atoms with Gasteiger partial charge in [-0.15, -0.1) is 0 Å². The van der Waals surface area contributed by atoms with Crippen LogP contribution in [0.4, 0.5) is 0 Å². The van der Waals surface area contributed by atoms with E-state index in [0.29, 0.717) is 0 Å². The van der Waals surface area contributed by atoms with Crippen LogP contribution in [0.15, 0.2) is 33.9 Å². The van der Waals surface area contributed by atoms with Crippen molar-refractivity contribution in [2.75, 3.05) is 0 Å². The molecule has 2 aromatic rings. The van der Waals surface area contributed by atoms with Crippen LogP contribution in [0.25, 0.3) is 5.82 Å². The van der Waals surface area contributed by atoms with Gasteiger partial charge in [0.15, 0.2) is 5.82 Å². The van der Waals surface area contributed by atoms with Crippen molar-refractivity contribution in [3.63, 3.8) is 0 Å². The fourth-order valence-electron chi connectivity index (χ4n) is 0.891. The van der Waals surface area contributed by atoms with E-state index in [-0.39, 0.29) is 0 Å². The molecule has 0 aliphatic rings. The predicted octanol–water partition coefficient (Wildman–Crippen LogP) is 2.19. The zero-order valence-electron chi connectivity index (χ0n) is 6.35. The first-order valence-corrected chi connectivity index (χ1v) is 5.02. The molecule has 0 saturated heterocycles. The van der Waals surface area contributed by atoms with Crippen molar-refractivity contribution in [3.05, 3.63) is 33.9 Å². The summed E-state index contributed by atoms with van der Waals surface area (Å²) in [4.78, 5) is 7.95. The Labute approximate surface area is 91.3 Å². The first-order chi connectivity index (χ1) is 6.27. The Kier molecular flexibility index (Phi) is 2.41. The van der Waals surface area contributed by atoms with Crippen molar-refractivity contribution < 1.29 is 0 Å². The van der Waals surface area contributed by atoms with Gasteiger partial charge in [-0.2, -0.15) is 5.10 Å². The highest BCUT2D eigenvalue weighted by molar-refractivity contribution is 9.10. The normalized spacial score (nSPS) is 10.3. The molecule has 6 heteroatoms. The Morgan fingerprint density at radius 2 is 2.08 bits per heavy atom. The summed E-state index contributed by atoms with van der Waals surface area (Å²) in [6.45, 7) is 0. The van der Waals surface area contributed by atoms with Crippen LogP contribution in [0.5, 0.6) is 0 Å². The molecule has 0 unspecified atom stereocenters. The lowest BCUT2D eigenvalue weighted by Gasteiger charge is -2.00. The predicted molar refractivity (Wildman–Crippen MR) is 54.6 cm³/mol. The van der Waals surface area contributed by atoms with E-state index < -0.39 is 0 Å². The monoisotopic (exact) mass is 302 g/mol. The van der Waals surface area contributed by atoms with Crippen LogP contribution >= 0.6 is 31.9 Å². The molecule has 0 radical (unpaired) electrons. The van der Waals surface area contributed by atoms with Crippen molar-refractivity contribution in [1.82, 2.24) is 19.7 Å². The van der Waals surface area contributed by atoms with E-state index >= 15 is 0 Å². The molecular weight excluding hydrogens is 300 g/mol. The van der Waals surface area contributed by atoms with Crippen LogP contribution in [0.3, 0.4) is 0 Å². The van der Waals surface area contributed by atoms with Gasteiger partial charge in [0, 0.05) is 12.4 Å². The zero-order valence-corrected chi connectivity index (χ0v) is 9.53. The lowest BCUT2D eigenvalue weighted by atomic mass is 10.6. The molecular formula is C7H4Br2N4. The lowest BCUT2D eigenvalue weighted by Crippen LogP contribution is -1.98. The van der Waals surface area contributed by atoms with Crippen LogP contribution in [0.2, 0.25) is 0 Å². The minimum Gasteiger partial charge on any atom is -0.243 e. The van der Waals surface area contributed by atoms with Crippen molar-refractivity contribution in [3.8, 4) is 5.82 Å². The van der Waals surface area contributed by atoms with Gasteiger partial charge in [-0.25, -0.2) is 14.6 Å². The molecule has 0 saturated carbocycles. The highest BCUT2D eigenvalue weighted by atomic mass is 79.9. The maximum atomic E-state index is 4.10. The van der Waals surface area contributed by atoms with Crippen LogP contribution in [0, 0.1) is 0 Å². The molecule has 13 heavy (non-hydrogen) atoms. The third-order valence-electron chi connectivity index (χ3n) is 1.42. The van der Waals surface area contributed by atoms with Crippen molar-refractivity contribution in [1.29, 1.82) is 0 Å². The third-order valence-corrected chi connectivity index (χ3v) is 2.39. The van der Waals surface area contributed by atoms with Gasteiger partial charge in [0.1, 0.15) is 6.33 Å². The van der Waals surface area contributed by atoms with Crippen molar-refractivity contribution in [2.45, 2.75) is 0 Å². The standard InChI is InChI=1S/C7H4Br2N4/c8-5-1-12-13(3-5)7-6(9)2-10-4-11-7/h1-4H. The summed E-state index contributed by atoms with van der Waals surface area (Å²) in [6.07, 6.45) is 6.69. The number of rotatable bonds is 1. The molecule has 0 amide bonds. The third kappa shape index (κ3) is 1.78. The molecule has 0 aliphatic heterocycles. The maximum absolute atomic E-state index is 4.10. The van der Waals surface area contributed by atoms with E-state index in [2.05, 4.69) is 46.9 Å². The second kappa shape index (κ2) is 3.55. The molecule has 0 bridgehead atoms. The summed E-state index contributed by atoms with van der Waals surface area (Å²) < 4.78 is 3.39. The number of nitrogens with zero attached hydrogens (tertiary/aromatic N) is 4. The molecule has 4 nitrogen and oxygen atoms in total. The highest BCUT2D eigenvalue weighted by Crippen LogP contribution is 2.17. The Morgan fingerprint density at radius 3 is 2.69 bits per heavy atom. The van der Waals surface area contributed by atoms with E-state index in [1.807, 2.05) is 6.20 Å². The molecule has 66 valence electrons. The van der Waals surface area contributed by atoms with Crippen LogP contribution in [0.1, 0.15) is 0 Å². The number of hydrogen-bond acceptors (Lipinski definition) is 3. The first-order valence-electron chi connectivity index (χ1n) is 3.43. The van der Waals surface area contributed by atoms with Gasteiger partial charge >= 0.3 is 0 Å². The summed E-state index contributed by atoms with van der Waals surface area (Å²) >= 11 is 6.65. The zero-order chi connectivity index (χ0) is 9.26. The summed E-state index contributed by atoms with van der Waals surface area (Å²) in [5, 5.41) is 4.10. The Morgan fingerprint density at radius 1 is 1.23 bits per heavy atom. The Balaban J connectivity index is 2.52. The van der Waals surface area contributed by atoms with E-state index in [0.717, 1.165) is 14.8 Å². The lowest BCUT2D eigenvalue weighted by molar-refractivity contribution is 0.833. The minimum absolute atomic E-state index is 0.723. The molecule has 2 heterocycles. The van der Waals surface area contributed by atoms with E-state index in [1.165, 1.54) is 6.33 Å². The second-order valence-electron chi connectivity index (χ2n) is 2.30. The average Bonchev–Trinajstić information content (AvgIpc) is 2.53. The summed E-state index contributed by atoms with van der Waals surface area (Å²) in [7, 11) is 0. The molecule has 0 atom stereocenters. The summed E-state index contributed by atoms with van der Waals surface area (Å²) in [5.41, 5.74) is 0. The maximum Gasteiger partial charge on any atom is 0.170 e. The van der Waals surface area contributed by atoms with E-state index in [4.69, 9.17) is 0 Å². The summed E-state index contributed by atoms with van der Waals surface area (Å²) in [6, 6.07) is 0. The van der Waals surface area contributed by atoms with E-state index in [1.54, 1.807) is 17.1 Å². The van der Waals surface area contributed by atoms with Crippen molar-refractivity contribution in [2.24, 2.45) is 0 Å². The van der Waals surface area contributed by atoms with Crippen molar-refractivity contribution >= 4 is 31.9 Å². The minimum atomic E-state index is 0.723. The summed E-state index contributed by atoms with van der Waals surface area (Å²) in [5.74, 6) is 0.723. The van der Waals surface area contributed by atoms with Gasteiger partial charge in [-0.3, -0.25) is 0 Å². The van der Waals surface area contributed by atoms with Crippen LogP contribution in [-0.2, 0) is 0 Å². The number of aromatic nitrogens is 4. The molecule has 0 aliphatic carbocycles.